The van der Waals surface area contributed by atoms with Gasteiger partial charge in [-0.15, -0.1) is 22.7 Å². The van der Waals surface area contributed by atoms with Gasteiger partial charge in [0.1, 0.15) is 5.82 Å². The molecule has 0 saturated carbocycles. The van der Waals surface area contributed by atoms with Gasteiger partial charge in [0.25, 0.3) is 5.91 Å². The van der Waals surface area contributed by atoms with Crippen molar-refractivity contribution in [2.75, 3.05) is 10.6 Å². The summed E-state index contributed by atoms with van der Waals surface area (Å²) >= 11 is 3.15. The zero-order valence-electron chi connectivity index (χ0n) is 16.6. The fraction of sp³-hybridized carbons (Fsp3) is 0.136. The van der Waals surface area contributed by atoms with Crippen LogP contribution in [0.4, 0.5) is 20.9 Å². The summed E-state index contributed by atoms with van der Waals surface area (Å²) in [6.07, 6.45) is 0. The highest BCUT2D eigenvalue weighted by Crippen LogP contribution is 2.33. The van der Waals surface area contributed by atoms with Gasteiger partial charge >= 0.3 is 0 Å². The van der Waals surface area contributed by atoms with Gasteiger partial charge < -0.3 is 10.6 Å². The number of amides is 1. The van der Waals surface area contributed by atoms with E-state index in [0.29, 0.717) is 5.69 Å². The largest absolute Gasteiger partial charge is 0.332 e. The highest BCUT2D eigenvalue weighted by Gasteiger charge is 2.13. The van der Waals surface area contributed by atoms with E-state index in [1.807, 2.05) is 31.4 Å². The van der Waals surface area contributed by atoms with Crippen molar-refractivity contribution in [2.24, 2.45) is 0 Å². The Balaban J connectivity index is 1.43. The molecule has 2 aromatic heterocycles. The van der Waals surface area contributed by atoms with Crippen molar-refractivity contribution in [3.63, 3.8) is 0 Å². The Labute approximate surface area is 181 Å². The monoisotopic (exact) mass is 438 g/mol. The minimum absolute atomic E-state index is 0.0201. The fourth-order valence-electron chi connectivity index (χ4n) is 2.97. The molecule has 0 fully saturated rings. The van der Waals surface area contributed by atoms with Gasteiger partial charge in [0.15, 0.2) is 5.13 Å². The molecule has 0 aliphatic heterocycles. The van der Waals surface area contributed by atoms with Gasteiger partial charge in [0.05, 0.1) is 26.8 Å². The number of rotatable bonds is 5. The van der Waals surface area contributed by atoms with E-state index in [0.717, 1.165) is 37.7 Å². The maximum atomic E-state index is 14.0. The first-order chi connectivity index (χ1) is 14.4. The molecule has 0 spiro atoms. The minimum Gasteiger partial charge on any atom is -0.332 e. The van der Waals surface area contributed by atoms with Gasteiger partial charge in [0.2, 0.25) is 0 Å². The van der Waals surface area contributed by atoms with Crippen LogP contribution in [0.1, 0.15) is 26.6 Å². The Morgan fingerprint density at radius 1 is 1.00 bits per heavy atom. The number of carbonyl (C=O) groups is 1. The number of nitrogens with zero attached hydrogens (tertiary/aromatic N) is 2. The first-order valence-electron chi connectivity index (χ1n) is 9.23. The van der Waals surface area contributed by atoms with E-state index in [9.17, 15) is 9.18 Å². The Bertz CT molecular complexity index is 1210. The number of benzene rings is 2. The Hall–Kier alpha value is -3.10. The van der Waals surface area contributed by atoms with Crippen molar-refractivity contribution in [3.05, 3.63) is 75.5 Å². The highest BCUT2D eigenvalue weighted by atomic mass is 32.1. The van der Waals surface area contributed by atoms with Crippen molar-refractivity contribution in [1.82, 2.24) is 9.97 Å². The molecule has 0 saturated heterocycles. The molecule has 0 radical (unpaired) electrons. The molecule has 152 valence electrons. The standard InChI is InChI=1S/C22H19FN4OS2/c1-12-4-9-17(18(23)10-12)21(28)25-15-5-7-16(8-6-15)26-22-27-19(11-29-22)20-13(2)24-14(3)30-20/h4-11H,1-3H3,(H,25,28)(H,26,27). The third-order valence-electron chi connectivity index (χ3n) is 4.40. The zero-order valence-corrected chi connectivity index (χ0v) is 18.2. The molecule has 0 aliphatic rings. The lowest BCUT2D eigenvalue weighted by atomic mass is 10.1. The topological polar surface area (TPSA) is 66.9 Å². The van der Waals surface area contributed by atoms with E-state index >= 15 is 0 Å². The number of hydrogen-bond acceptors (Lipinski definition) is 6. The van der Waals surface area contributed by atoms with E-state index in [2.05, 4.69) is 20.6 Å². The summed E-state index contributed by atoms with van der Waals surface area (Å²) in [6, 6.07) is 11.7. The molecule has 4 aromatic rings. The number of hydrogen-bond donors (Lipinski definition) is 2. The number of thiazole rings is 2. The summed E-state index contributed by atoms with van der Waals surface area (Å²) < 4.78 is 14.0. The van der Waals surface area contributed by atoms with Crippen molar-refractivity contribution in [1.29, 1.82) is 0 Å². The van der Waals surface area contributed by atoms with Crippen LogP contribution in [-0.2, 0) is 0 Å². The van der Waals surface area contributed by atoms with Gasteiger partial charge in [-0.2, -0.15) is 0 Å². The molecule has 0 unspecified atom stereocenters. The SMILES string of the molecule is Cc1ccc(C(=O)Nc2ccc(Nc3nc(-c4sc(C)nc4C)cs3)cc2)c(F)c1. The first-order valence-corrected chi connectivity index (χ1v) is 10.9. The zero-order chi connectivity index (χ0) is 21.3. The van der Waals surface area contributed by atoms with Crippen molar-refractivity contribution >= 4 is 45.1 Å². The minimum atomic E-state index is -0.531. The van der Waals surface area contributed by atoms with Crippen LogP contribution in [-0.4, -0.2) is 15.9 Å². The van der Waals surface area contributed by atoms with E-state index in [4.69, 9.17) is 0 Å². The average Bonchev–Trinajstić information content (AvgIpc) is 3.28. The summed E-state index contributed by atoms with van der Waals surface area (Å²) in [5.74, 6) is -1.01. The third-order valence-corrected chi connectivity index (χ3v) is 6.26. The normalized spacial score (nSPS) is 10.8. The number of aryl methyl sites for hydroxylation is 3. The molecule has 5 nitrogen and oxygen atoms in total. The van der Waals surface area contributed by atoms with Gasteiger partial charge in [-0.1, -0.05) is 6.07 Å². The molecule has 2 heterocycles. The maximum Gasteiger partial charge on any atom is 0.258 e. The van der Waals surface area contributed by atoms with Gasteiger partial charge in [-0.05, 0) is 62.7 Å². The molecular formula is C22H19FN4OS2. The number of nitrogens with one attached hydrogen (secondary N) is 2. The predicted molar refractivity (Wildman–Crippen MR) is 122 cm³/mol. The third kappa shape index (κ3) is 4.39. The Morgan fingerprint density at radius 2 is 1.73 bits per heavy atom. The van der Waals surface area contributed by atoms with Crippen molar-refractivity contribution in [2.45, 2.75) is 20.8 Å². The molecule has 0 atom stereocenters. The van der Waals surface area contributed by atoms with Crippen LogP contribution in [0.2, 0.25) is 0 Å². The molecule has 2 aromatic carbocycles. The molecule has 30 heavy (non-hydrogen) atoms. The lowest BCUT2D eigenvalue weighted by Gasteiger charge is -2.08. The van der Waals surface area contributed by atoms with Crippen LogP contribution in [0.5, 0.6) is 0 Å². The van der Waals surface area contributed by atoms with E-state index in [1.165, 1.54) is 23.5 Å². The smallest absolute Gasteiger partial charge is 0.258 e. The Kier molecular flexibility index (Phi) is 5.61. The lowest BCUT2D eigenvalue weighted by Crippen LogP contribution is -2.13. The maximum absolute atomic E-state index is 14.0. The number of halogens is 1. The summed E-state index contributed by atoms with van der Waals surface area (Å²) in [6.45, 7) is 5.75. The van der Waals surface area contributed by atoms with Gasteiger partial charge in [-0.3, -0.25) is 4.79 Å². The second kappa shape index (κ2) is 8.33. The van der Waals surface area contributed by atoms with E-state index < -0.39 is 11.7 Å². The van der Waals surface area contributed by atoms with Gasteiger partial charge in [0, 0.05) is 16.8 Å². The summed E-state index contributed by atoms with van der Waals surface area (Å²) in [5, 5.41) is 9.79. The van der Waals surface area contributed by atoms with Crippen LogP contribution in [0.25, 0.3) is 10.6 Å². The predicted octanol–water partition coefficient (Wildman–Crippen LogP) is 6.33. The average molecular weight is 439 g/mol. The fourth-order valence-corrected chi connectivity index (χ4v) is 4.64. The molecule has 4 rings (SSSR count). The molecule has 0 bridgehead atoms. The molecule has 2 N–H and O–H groups in total. The summed E-state index contributed by atoms with van der Waals surface area (Å²) in [4.78, 5) is 22.5. The molecular weight excluding hydrogens is 419 g/mol. The van der Waals surface area contributed by atoms with Crippen LogP contribution in [0.15, 0.2) is 47.8 Å². The number of anilines is 3. The molecule has 0 aliphatic carbocycles. The van der Waals surface area contributed by atoms with Crippen molar-refractivity contribution < 1.29 is 9.18 Å². The summed E-state index contributed by atoms with van der Waals surface area (Å²) in [7, 11) is 0. The van der Waals surface area contributed by atoms with E-state index in [1.54, 1.807) is 36.5 Å². The molecule has 8 heteroatoms. The Morgan fingerprint density at radius 3 is 2.40 bits per heavy atom. The second-order valence-corrected chi connectivity index (χ2v) is 8.89. The first kappa shape index (κ1) is 20.2. The van der Waals surface area contributed by atoms with Crippen molar-refractivity contribution in [3.8, 4) is 10.6 Å². The van der Waals surface area contributed by atoms with Crippen LogP contribution >= 0.6 is 22.7 Å². The van der Waals surface area contributed by atoms with Crippen LogP contribution in [0, 0.1) is 26.6 Å². The number of carbonyl (C=O) groups excluding carboxylic acids is 1. The highest BCUT2D eigenvalue weighted by molar-refractivity contribution is 7.16. The van der Waals surface area contributed by atoms with Gasteiger partial charge in [-0.25, -0.2) is 14.4 Å². The second-order valence-electron chi connectivity index (χ2n) is 6.83. The summed E-state index contributed by atoms with van der Waals surface area (Å²) in [5.41, 5.74) is 4.11. The number of aromatic nitrogens is 2. The van der Waals surface area contributed by atoms with Crippen LogP contribution < -0.4 is 10.6 Å². The molecule has 1 amide bonds. The quantitative estimate of drug-likeness (QED) is 0.382. The van der Waals surface area contributed by atoms with E-state index in [-0.39, 0.29) is 5.56 Å². The lowest BCUT2D eigenvalue weighted by molar-refractivity contribution is 0.102. The van der Waals surface area contributed by atoms with Crippen LogP contribution in [0.3, 0.4) is 0 Å².